The SMILES string of the molecule is O=C(COC(=O)c1ccco1)Nc1cc2c(cc1Br)OCCO2. The molecule has 1 amide bonds. The minimum atomic E-state index is -0.702. The molecule has 1 aromatic heterocycles. The number of nitrogens with one attached hydrogen (secondary N) is 1. The van der Waals surface area contributed by atoms with Gasteiger partial charge in [-0.15, -0.1) is 0 Å². The zero-order valence-electron chi connectivity index (χ0n) is 11.8. The highest BCUT2D eigenvalue weighted by atomic mass is 79.9. The lowest BCUT2D eigenvalue weighted by Crippen LogP contribution is -2.21. The number of hydrogen-bond acceptors (Lipinski definition) is 6. The van der Waals surface area contributed by atoms with Gasteiger partial charge in [-0.3, -0.25) is 4.79 Å². The van der Waals surface area contributed by atoms with Crippen molar-refractivity contribution >= 4 is 33.5 Å². The Bertz CT molecular complexity index is 728. The maximum absolute atomic E-state index is 11.9. The molecule has 0 aliphatic carbocycles. The first-order chi connectivity index (χ1) is 11.1. The normalized spacial score (nSPS) is 12.6. The summed E-state index contributed by atoms with van der Waals surface area (Å²) in [5.74, 6) is -0.000291. The lowest BCUT2D eigenvalue weighted by molar-refractivity contribution is -0.119. The molecule has 0 saturated heterocycles. The summed E-state index contributed by atoms with van der Waals surface area (Å²) in [6.45, 7) is 0.497. The number of furan rings is 1. The second-order valence-corrected chi connectivity index (χ2v) is 5.43. The van der Waals surface area contributed by atoms with Crippen molar-refractivity contribution in [2.24, 2.45) is 0 Å². The van der Waals surface area contributed by atoms with Crippen molar-refractivity contribution in [2.45, 2.75) is 0 Å². The topological polar surface area (TPSA) is 87.0 Å². The number of amides is 1. The predicted octanol–water partition coefficient (Wildman–Crippen LogP) is 2.61. The van der Waals surface area contributed by atoms with Crippen LogP contribution in [-0.4, -0.2) is 31.7 Å². The third-order valence-corrected chi connectivity index (χ3v) is 3.62. The van der Waals surface area contributed by atoms with Crippen LogP contribution in [0.15, 0.2) is 39.4 Å². The zero-order valence-corrected chi connectivity index (χ0v) is 13.4. The van der Waals surface area contributed by atoms with Gasteiger partial charge >= 0.3 is 5.97 Å². The Morgan fingerprint density at radius 3 is 2.65 bits per heavy atom. The number of fused-ring (bicyclic) bond motifs is 1. The van der Waals surface area contributed by atoms with E-state index >= 15 is 0 Å². The van der Waals surface area contributed by atoms with Gasteiger partial charge in [-0.2, -0.15) is 0 Å². The molecule has 2 heterocycles. The molecule has 0 saturated carbocycles. The predicted molar refractivity (Wildman–Crippen MR) is 82.8 cm³/mol. The smallest absolute Gasteiger partial charge is 0.374 e. The maximum Gasteiger partial charge on any atom is 0.374 e. The molecule has 120 valence electrons. The Morgan fingerprint density at radius 2 is 1.96 bits per heavy atom. The van der Waals surface area contributed by atoms with Crippen LogP contribution >= 0.6 is 15.9 Å². The number of ether oxygens (including phenoxy) is 3. The van der Waals surface area contributed by atoms with E-state index in [9.17, 15) is 9.59 Å². The summed E-state index contributed by atoms with van der Waals surface area (Å²) in [6.07, 6.45) is 1.35. The minimum absolute atomic E-state index is 0.0401. The third-order valence-electron chi connectivity index (χ3n) is 2.96. The molecule has 0 radical (unpaired) electrons. The van der Waals surface area contributed by atoms with Crippen LogP contribution in [-0.2, 0) is 9.53 Å². The van der Waals surface area contributed by atoms with Crippen molar-refractivity contribution in [1.82, 2.24) is 0 Å². The van der Waals surface area contributed by atoms with Gasteiger partial charge in [-0.25, -0.2) is 4.79 Å². The Balaban J connectivity index is 1.60. The first kappa shape index (κ1) is 15.4. The number of anilines is 1. The molecule has 1 N–H and O–H groups in total. The van der Waals surface area contributed by atoms with E-state index in [4.69, 9.17) is 18.6 Å². The van der Waals surface area contributed by atoms with E-state index in [2.05, 4.69) is 21.2 Å². The highest BCUT2D eigenvalue weighted by Gasteiger charge is 2.17. The lowest BCUT2D eigenvalue weighted by Gasteiger charge is -2.20. The molecule has 23 heavy (non-hydrogen) atoms. The van der Waals surface area contributed by atoms with Gasteiger partial charge in [0.15, 0.2) is 18.1 Å². The molecule has 0 spiro atoms. The fourth-order valence-corrected chi connectivity index (χ4v) is 2.36. The van der Waals surface area contributed by atoms with Crippen LogP contribution in [0.25, 0.3) is 0 Å². The largest absolute Gasteiger partial charge is 0.486 e. The number of carbonyl (C=O) groups excluding carboxylic acids is 2. The molecule has 0 unspecified atom stereocenters. The lowest BCUT2D eigenvalue weighted by atomic mass is 10.2. The van der Waals surface area contributed by atoms with Crippen LogP contribution in [0.1, 0.15) is 10.6 Å². The van der Waals surface area contributed by atoms with Crippen LogP contribution in [0.4, 0.5) is 5.69 Å². The van der Waals surface area contributed by atoms with Gasteiger partial charge in [-0.05, 0) is 28.1 Å². The maximum atomic E-state index is 11.9. The Hall–Kier alpha value is -2.48. The number of halogens is 1. The Kier molecular flexibility index (Phi) is 4.52. The number of benzene rings is 1. The van der Waals surface area contributed by atoms with E-state index in [0.717, 1.165) is 0 Å². The zero-order chi connectivity index (χ0) is 16.2. The summed E-state index contributed by atoms with van der Waals surface area (Å²) in [5.41, 5.74) is 0.494. The van der Waals surface area contributed by atoms with Gasteiger partial charge in [0.2, 0.25) is 5.76 Å². The minimum Gasteiger partial charge on any atom is -0.486 e. The summed E-state index contributed by atoms with van der Waals surface area (Å²) in [4.78, 5) is 23.5. The van der Waals surface area contributed by atoms with E-state index in [0.29, 0.717) is 34.9 Å². The summed E-state index contributed by atoms with van der Waals surface area (Å²) < 4.78 is 21.3. The van der Waals surface area contributed by atoms with E-state index in [1.807, 2.05) is 0 Å². The fourth-order valence-electron chi connectivity index (χ4n) is 1.94. The average molecular weight is 382 g/mol. The van der Waals surface area contributed by atoms with Crippen molar-refractivity contribution in [3.05, 3.63) is 40.8 Å². The van der Waals surface area contributed by atoms with Crippen LogP contribution in [0.2, 0.25) is 0 Å². The van der Waals surface area contributed by atoms with Gasteiger partial charge in [0.1, 0.15) is 13.2 Å². The molecule has 0 bridgehead atoms. The van der Waals surface area contributed by atoms with Crippen molar-refractivity contribution in [3.8, 4) is 11.5 Å². The standard InChI is InChI=1S/C15H12BrNO6/c16-9-6-12-13(22-5-4-21-12)7-10(9)17-14(18)8-23-15(19)11-2-1-3-20-11/h1-3,6-7H,4-5,8H2,(H,17,18). The highest BCUT2D eigenvalue weighted by Crippen LogP contribution is 2.38. The summed E-state index contributed by atoms with van der Waals surface area (Å²) in [5, 5.41) is 2.63. The molecule has 1 aliphatic heterocycles. The molecule has 7 nitrogen and oxygen atoms in total. The molecule has 0 fully saturated rings. The molecule has 2 aromatic rings. The van der Waals surface area contributed by atoms with Gasteiger partial charge in [0.05, 0.1) is 12.0 Å². The van der Waals surface area contributed by atoms with E-state index in [1.54, 1.807) is 18.2 Å². The second-order valence-electron chi connectivity index (χ2n) is 4.58. The van der Waals surface area contributed by atoms with E-state index < -0.39 is 18.5 Å². The molecular weight excluding hydrogens is 370 g/mol. The molecule has 0 atom stereocenters. The van der Waals surface area contributed by atoms with Crippen molar-refractivity contribution in [2.75, 3.05) is 25.1 Å². The second kappa shape index (κ2) is 6.74. The molecule has 1 aliphatic rings. The third kappa shape index (κ3) is 3.65. The van der Waals surface area contributed by atoms with Crippen LogP contribution in [0.3, 0.4) is 0 Å². The van der Waals surface area contributed by atoms with Crippen LogP contribution < -0.4 is 14.8 Å². The van der Waals surface area contributed by atoms with Gasteiger partial charge in [-0.1, -0.05) is 0 Å². The first-order valence-corrected chi connectivity index (χ1v) is 7.52. The summed E-state index contributed by atoms with van der Waals surface area (Å²) in [6, 6.07) is 6.37. The quantitative estimate of drug-likeness (QED) is 0.819. The Morgan fingerprint density at radius 1 is 1.22 bits per heavy atom. The van der Waals surface area contributed by atoms with E-state index in [1.165, 1.54) is 12.3 Å². The first-order valence-electron chi connectivity index (χ1n) is 6.73. The van der Waals surface area contributed by atoms with Gasteiger partial charge in [0.25, 0.3) is 5.91 Å². The summed E-state index contributed by atoms with van der Waals surface area (Å²) >= 11 is 3.34. The van der Waals surface area contributed by atoms with Gasteiger partial charge in [0, 0.05) is 16.6 Å². The van der Waals surface area contributed by atoms with Crippen molar-refractivity contribution in [1.29, 1.82) is 0 Å². The molecule has 3 rings (SSSR count). The van der Waals surface area contributed by atoms with Crippen molar-refractivity contribution in [3.63, 3.8) is 0 Å². The van der Waals surface area contributed by atoms with Crippen molar-refractivity contribution < 1.29 is 28.2 Å². The number of carbonyl (C=O) groups is 2. The summed E-state index contributed by atoms with van der Waals surface area (Å²) in [7, 11) is 0. The number of rotatable bonds is 4. The molecular formula is C15H12BrNO6. The Labute approximate surface area is 139 Å². The number of hydrogen-bond donors (Lipinski definition) is 1. The number of esters is 1. The molecule has 1 aromatic carbocycles. The fraction of sp³-hybridized carbons (Fsp3) is 0.200. The monoisotopic (exact) mass is 381 g/mol. The highest BCUT2D eigenvalue weighted by molar-refractivity contribution is 9.10. The average Bonchev–Trinajstić information content (AvgIpc) is 3.08. The van der Waals surface area contributed by atoms with Gasteiger partial charge < -0.3 is 23.9 Å². The molecule has 8 heteroatoms. The van der Waals surface area contributed by atoms with E-state index in [-0.39, 0.29) is 5.76 Å². The van der Waals surface area contributed by atoms with Crippen LogP contribution in [0.5, 0.6) is 11.5 Å². The van der Waals surface area contributed by atoms with Crippen LogP contribution in [0, 0.1) is 0 Å².